The van der Waals surface area contributed by atoms with Gasteiger partial charge in [0.25, 0.3) is 0 Å². The third-order valence-electron chi connectivity index (χ3n) is 3.09. The van der Waals surface area contributed by atoms with Crippen molar-refractivity contribution < 1.29 is 9.90 Å². The molecule has 1 rings (SSSR count). The summed E-state index contributed by atoms with van der Waals surface area (Å²) < 4.78 is 0. The number of carbonyl (C=O) groups excluding carboxylic acids is 1. The lowest BCUT2D eigenvalue weighted by molar-refractivity contribution is -0.122. The van der Waals surface area contributed by atoms with E-state index in [2.05, 4.69) is 5.32 Å². The van der Waals surface area contributed by atoms with E-state index in [4.69, 9.17) is 11.6 Å². The van der Waals surface area contributed by atoms with Gasteiger partial charge >= 0.3 is 0 Å². The minimum atomic E-state index is -0.345. The molecule has 20 heavy (non-hydrogen) atoms. The smallest absolute Gasteiger partial charge is 0.234 e. The second kappa shape index (κ2) is 8.25. The first-order chi connectivity index (χ1) is 9.40. The van der Waals surface area contributed by atoms with Crippen LogP contribution in [0.2, 0.25) is 5.02 Å². The Labute approximate surface area is 125 Å². The van der Waals surface area contributed by atoms with Crippen molar-refractivity contribution in [2.24, 2.45) is 0 Å². The summed E-state index contributed by atoms with van der Waals surface area (Å²) in [5.41, 5.74) is 0.911. The maximum Gasteiger partial charge on any atom is 0.234 e. The Morgan fingerprint density at radius 1 is 1.40 bits per heavy atom. The summed E-state index contributed by atoms with van der Waals surface area (Å²) in [6.07, 6.45) is 0.312. The number of nitrogens with one attached hydrogen (secondary N) is 1. The van der Waals surface area contributed by atoms with E-state index in [-0.39, 0.29) is 18.1 Å². The van der Waals surface area contributed by atoms with Crippen molar-refractivity contribution in [3.05, 3.63) is 34.9 Å². The van der Waals surface area contributed by atoms with Crippen molar-refractivity contribution in [3.8, 4) is 0 Å². The van der Waals surface area contributed by atoms with Crippen LogP contribution in [-0.2, 0) is 4.79 Å². The highest BCUT2D eigenvalue weighted by molar-refractivity contribution is 6.31. The Balaban J connectivity index is 2.44. The molecule has 0 radical (unpaired) electrons. The summed E-state index contributed by atoms with van der Waals surface area (Å²) >= 11 is 6.10. The Hall–Kier alpha value is -1.10. The highest BCUT2D eigenvalue weighted by Crippen LogP contribution is 2.21. The molecule has 0 aliphatic rings. The van der Waals surface area contributed by atoms with E-state index in [0.717, 1.165) is 5.56 Å². The quantitative estimate of drug-likeness (QED) is 0.811. The van der Waals surface area contributed by atoms with Gasteiger partial charge in [-0.3, -0.25) is 9.69 Å². The van der Waals surface area contributed by atoms with Crippen LogP contribution >= 0.6 is 11.6 Å². The Bertz CT molecular complexity index is 438. The fraction of sp³-hybridized carbons (Fsp3) is 0.533. The van der Waals surface area contributed by atoms with Crippen LogP contribution in [0.3, 0.4) is 0 Å². The molecule has 5 heteroatoms. The van der Waals surface area contributed by atoms with Crippen molar-refractivity contribution in [2.45, 2.75) is 32.4 Å². The molecule has 0 heterocycles. The van der Waals surface area contributed by atoms with Crippen LogP contribution in [0.5, 0.6) is 0 Å². The molecule has 0 aliphatic carbocycles. The molecule has 1 amide bonds. The molecule has 0 bridgehead atoms. The summed E-state index contributed by atoms with van der Waals surface area (Å²) in [5, 5.41) is 12.8. The molecule has 0 saturated heterocycles. The predicted molar refractivity (Wildman–Crippen MR) is 81.8 cm³/mol. The number of aliphatic hydroxyl groups is 1. The molecule has 4 nitrogen and oxygen atoms in total. The highest BCUT2D eigenvalue weighted by atomic mass is 35.5. The van der Waals surface area contributed by atoms with Crippen LogP contribution in [0, 0.1) is 0 Å². The summed E-state index contributed by atoms with van der Waals surface area (Å²) in [6, 6.07) is 7.36. The van der Waals surface area contributed by atoms with E-state index in [1.807, 2.05) is 43.1 Å². The summed E-state index contributed by atoms with van der Waals surface area (Å²) in [5.74, 6) is -0.0505. The lowest BCUT2D eigenvalue weighted by Gasteiger charge is -2.20. The van der Waals surface area contributed by atoms with Crippen molar-refractivity contribution in [2.75, 3.05) is 20.1 Å². The fourth-order valence-corrected chi connectivity index (χ4v) is 2.22. The van der Waals surface area contributed by atoms with E-state index in [0.29, 0.717) is 24.5 Å². The third-order valence-corrected chi connectivity index (χ3v) is 3.44. The summed E-state index contributed by atoms with van der Waals surface area (Å²) in [7, 11) is 1.86. The molecule has 2 atom stereocenters. The molecule has 0 saturated carbocycles. The number of halogens is 1. The van der Waals surface area contributed by atoms with Crippen molar-refractivity contribution in [1.29, 1.82) is 0 Å². The SMILES string of the molecule is CC(O)CCN(C)CC(=O)NC(C)c1ccccc1Cl. The van der Waals surface area contributed by atoms with Gasteiger partial charge in [0.05, 0.1) is 18.7 Å². The predicted octanol–water partition coefficient (Wildman–Crippen LogP) is 2.22. The molecule has 0 spiro atoms. The van der Waals surface area contributed by atoms with Gasteiger partial charge in [-0.15, -0.1) is 0 Å². The van der Waals surface area contributed by atoms with E-state index < -0.39 is 0 Å². The molecule has 2 N–H and O–H groups in total. The second-order valence-corrected chi connectivity index (χ2v) is 5.59. The van der Waals surface area contributed by atoms with Gasteiger partial charge in [-0.1, -0.05) is 29.8 Å². The minimum Gasteiger partial charge on any atom is -0.393 e. The molecule has 1 aromatic carbocycles. The first-order valence-electron chi connectivity index (χ1n) is 6.80. The van der Waals surface area contributed by atoms with E-state index in [1.54, 1.807) is 6.92 Å². The number of hydrogen-bond donors (Lipinski definition) is 2. The van der Waals surface area contributed by atoms with E-state index in [9.17, 15) is 9.90 Å². The zero-order valence-electron chi connectivity index (χ0n) is 12.3. The number of carbonyl (C=O) groups is 1. The fourth-order valence-electron chi connectivity index (χ4n) is 1.92. The average Bonchev–Trinajstić information content (AvgIpc) is 2.36. The lowest BCUT2D eigenvalue weighted by atomic mass is 10.1. The first kappa shape index (κ1) is 17.0. The third kappa shape index (κ3) is 5.90. The van der Waals surface area contributed by atoms with Crippen molar-refractivity contribution in [1.82, 2.24) is 10.2 Å². The molecular formula is C15H23ClN2O2. The van der Waals surface area contributed by atoms with Gasteiger partial charge in [-0.2, -0.15) is 0 Å². The van der Waals surface area contributed by atoms with Crippen LogP contribution < -0.4 is 5.32 Å². The van der Waals surface area contributed by atoms with Crippen LogP contribution in [0.25, 0.3) is 0 Å². The zero-order chi connectivity index (χ0) is 15.1. The van der Waals surface area contributed by atoms with Gasteiger partial charge in [0.1, 0.15) is 0 Å². The summed E-state index contributed by atoms with van der Waals surface area (Å²) in [6.45, 7) is 4.65. The number of hydrogen-bond acceptors (Lipinski definition) is 3. The average molecular weight is 299 g/mol. The zero-order valence-corrected chi connectivity index (χ0v) is 13.0. The molecule has 112 valence electrons. The second-order valence-electron chi connectivity index (χ2n) is 5.19. The van der Waals surface area contributed by atoms with Crippen LogP contribution in [0.4, 0.5) is 0 Å². The van der Waals surface area contributed by atoms with Gasteiger partial charge in [0.15, 0.2) is 0 Å². The molecular weight excluding hydrogens is 276 g/mol. The normalized spacial score (nSPS) is 14.1. The molecule has 0 aliphatic heterocycles. The number of nitrogens with zero attached hydrogens (tertiary/aromatic N) is 1. The number of likely N-dealkylation sites (N-methyl/N-ethyl adjacent to an activating group) is 1. The number of aliphatic hydroxyl groups excluding tert-OH is 1. The van der Waals surface area contributed by atoms with Gasteiger partial charge in [0.2, 0.25) is 5.91 Å². The van der Waals surface area contributed by atoms with Crippen LogP contribution in [-0.4, -0.2) is 42.2 Å². The number of rotatable bonds is 7. The number of benzene rings is 1. The standard InChI is InChI=1S/C15H23ClN2O2/c1-11(19)8-9-18(3)10-15(20)17-12(2)13-6-4-5-7-14(13)16/h4-7,11-12,19H,8-10H2,1-3H3,(H,17,20). The largest absolute Gasteiger partial charge is 0.393 e. The molecule has 0 aromatic heterocycles. The van der Waals surface area contributed by atoms with Gasteiger partial charge < -0.3 is 10.4 Å². The highest BCUT2D eigenvalue weighted by Gasteiger charge is 2.13. The first-order valence-corrected chi connectivity index (χ1v) is 7.18. The maximum absolute atomic E-state index is 11.9. The number of amides is 1. The monoisotopic (exact) mass is 298 g/mol. The topological polar surface area (TPSA) is 52.6 Å². The Kier molecular flexibility index (Phi) is 6.99. The van der Waals surface area contributed by atoms with Gasteiger partial charge in [-0.05, 0) is 38.9 Å². The Morgan fingerprint density at radius 2 is 2.05 bits per heavy atom. The van der Waals surface area contributed by atoms with Crippen molar-refractivity contribution in [3.63, 3.8) is 0 Å². The van der Waals surface area contributed by atoms with Gasteiger partial charge in [0, 0.05) is 11.6 Å². The van der Waals surface area contributed by atoms with E-state index >= 15 is 0 Å². The van der Waals surface area contributed by atoms with Crippen molar-refractivity contribution >= 4 is 17.5 Å². The lowest BCUT2D eigenvalue weighted by Crippen LogP contribution is -2.37. The van der Waals surface area contributed by atoms with E-state index in [1.165, 1.54) is 0 Å². The molecule has 2 unspecified atom stereocenters. The molecule has 0 fully saturated rings. The van der Waals surface area contributed by atoms with Crippen LogP contribution in [0.15, 0.2) is 24.3 Å². The Morgan fingerprint density at radius 3 is 2.65 bits per heavy atom. The minimum absolute atomic E-state index is 0.0505. The maximum atomic E-state index is 11.9. The van der Waals surface area contributed by atoms with Gasteiger partial charge in [-0.25, -0.2) is 0 Å². The molecule has 1 aromatic rings. The summed E-state index contributed by atoms with van der Waals surface area (Å²) in [4.78, 5) is 13.8. The van der Waals surface area contributed by atoms with Crippen LogP contribution in [0.1, 0.15) is 31.9 Å².